The van der Waals surface area contributed by atoms with Crippen LogP contribution in [0.3, 0.4) is 0 Å². The van der Waals surface area contributed by atoms with E-state index < -0.39 is 97.5 Å². The molecule has 0 aliphatic carbocycles. The van der Waals surface area contributed by atoms with Gasteiger partial charge in [0, 0.05) is 25.7 Å². The number of hydrogen-bond donors (Lipinski definition) is 3. The Hall–Kier alpha value is -3.24. The first-order valence-corrected chi connectivity index (χ1v) is 42.5. The first-order chi connectivity index (χ1) is 47.7. The van der Waals surface area contributed by atoms with Crippen LogP contribution >= 0.6 is 15.6 Å². The zero-order valence-corrected chi connectivity index (χ0v) is 64.3. The minimum Gasteiger partial charge on any atom is -0.462 e. The third-order valence-electron chi connectivity index (χ3n) is 17.0. The van der Waals surface area contributed by atoms with E-state index in [0.29, 0.717) is 25.7 Å². The molecule has 0 heterocycles. The molecule has 0 aromatic heterocycles. The van der Waals surface area contributed by atoms with Crippen LogP contribution < -0.4 is 0 Å². The van der Waals surface area contributed by atoms with Crippen molar-refractivity contribution in [2.45, 2.75) is 380 Å². The molecule has 0 saturated carbocycles. The average Bonchev–Trinajstić information content (AvgIpc) is 1.04. The van der Waals surface area contributed by atoms with E-state index in [-0.39, 0.29) is 25.7 Å². The summed E-state index contributed by atoms with van der Waals surface area (Å²) in [6.07, 6.45) is 70.5. The predicted molar refractivity (Wildman–Crippen MR) is 400 cm³/mol. The van der Waals surface area contributed by atoms with Gasteiger partial charge in [0.05, 0.1) is 26.4 Å². The largest absolute Gasteiger partial charge is 0.472 e. The number of esters is 4. The summed E-state index contributed by atoms with van der Waals surface area (Å²) in [4.78, 5) is 72.9. The van der Waals surface area contributed by atoms with Gasteiger partial charge in [-0.3, -0.25) is 37.3 Å². The molecule has 3 N–H and O–H groups in total. The van der Waals surface area contributed by atoms with Crippen molar-refractivity contribution in [3.63, 3.8) is 0 Å². The molecule has 17 nitrogen and oxygen atoms in total. The molecule has 0 aliphatic rings. The average molecular weight is 1430 g/mol. The Labute approximate surface area is 597 Å². The van der Waals surface area contributed by atoms with E-state index in [2.05, 4.69) is 88.5 Å². The number of rotatable bonds is 75. The molecule has 2 unspecified atom stereocenters. The van der Waals surface area contributed by atoms with E-state index in [9.17, 15) is 43.2 Å². The summed E-state index contributed by atoms with van der Waals surface area (Å²) in [7, 11) is -9.94. The number of phosphoric acid groups is 2. The summed E-state index contributed by atoms with van der Waals surface area (Å²) >= 11 is 0. The number of aliphatic hydroxyl groups excluding tert-OH is 1. The van der Waals surface area contributed by atoms with Crippen LogP contribution in [0.1, 0.15) is 362 Å². The van der Waals surface area contributed by atoms with Crippen molar-refractivity contribution < 1.29 is 80.2 Å². The van der Waals surface area contributed by atoms with Gasteiger partial charge in [-0.2, -0.15) is 0 Å². The Bertz CT molecular complexity index is 2100. The molecule has 0 saturated heterocycles. The molecule has 0 aromatic rings. The first kappa shape index (κ1) is 94.8. The number of aliphatic hydroxyl groups is 1. The molecular formula is C79H144O17P2. The molecule has 0 aliphatic heterocycles. The van der Waals surface area contributed by atoms with Crippen molar-refractivity contribution >= 4 is 39.5 Å². The Morgan fingerprint density at radius 2 is 0.500 bits per heavy atom. The van der Waals surface area contributed by atoms with Gasteiger partial charge < -0.3 is 33.8 Å². The molecule has 0 aromatic carbocycles. The third kappa shape index (κ3) is 71.2. The van der Waals surface area contributed by atoms with Crippen LogP contribution in [0.2, 0.25) is 0 Å². The Morgan fingerprint density at radius 1 is 0.286 bits per heavy atom. The molecular weight excluding hydrogens is 1280 g/mol. The minimum absolute atomic E-state index is 0.0792. The fourth-order valence-corrected chi connectivity index (χ4v) is 12.4. The molecule has 5 atom stereocenters. The summed E-state index contributed by atoms with van der Waals surface area (Å²) in [5, 5.41) is 10.6. The van der Waals surface area contributed by atoms with Crippen molar-refractivity contribution in [3.05, 3.63) is 60.8 Å². The number of unbranched alkanes of at least 4 members (excludes halogenated alkanes) is 39. The highest BCUT2D eigenvalue weighted by atomic mass is 31.2. The highest BCUT2D eigenvalue weighted by molar-refractivity contribution is 7.47. The normalized spacial score (nSPS) is 14.2. The van der Waals surface area contributed by atoms with Gasteiger partial charge in [-0.25, -0.2) is 9.13 Å². The number of phosphoric ester groups is 2. The molecule has 0 bridgehead atoms. The zero-order chi connectivity index (χ0) is 71.8. The number of hydrogen-bond acceptors (Lipinski definition) is 15. The smallest absolute Gasteiger partial charge is 0.462 e. The predicted octanol–water partition coefficient (Wildman–Crippen LogP) is 22.7. The minimum atomic E-state index is -4.98. The maximum atomic E-state index is 13.1. The molecule has 0 fully saturated rings. The quantitative estimate of drug-likeness (QED) is 0.0169. The lowest BCUT2D eigenvalue weighted by molar-refractivity contribution is -0.161. The molecule has 0 radical (unpaired) electrons. The number of carbonyl (C=O) groups excluding carboxylic acids is 4. The van der Waals surface area contributed by atoms with Gasteiger partial charge in [0.2, 0.25) is 0 Å². The van der Waals surface area contributed by atoms with E-state index in [1.165, 1.54) is 128 Å². The van der Waals surface area contributed by atoms with Gasteiger partial charge in [0.15, 0.2) is 12.2 Å². The molecule has 572 valence electrons. The van der Waals surface area contributed by atoms with E-state index >= 15 is 0 Å². The van der Waals surface area contributed by atoms with Crippen molar-refractivity contribution in [3.8, 4) is 0 Å². The fraction of sp³-hybridized carbons (Fsp3) is 0.823. The topological polar surface area (TPSA) is 237 Å². The van der Waals surface area contributed by atoms with E-state index in [0.717, 1.165) is 154 Å². The summed E-state index contributed by atoms with van der Waals surface area (Å²) in [5.41, 5.74) is 0. The van der Waals surface area contributed by atoms with Crippen LogP contribution in [-0.4, -0.2) is 96.7 Å². The summed E-state index contributed by atoms with van der Waals surface area (Å²) in [6.45, 7) is 4.84. The second-order valence-electron chi connectivity index (χ2n) is 26.7. The van der Waals surface area contributed by atoms with Crippen molar-refractivity contribution in [1.82, 2.24) is 0 Å². The second-order valence-corrected chi connectivity index (χ2v) is 29.6. The first-order valence-electron chi connectivity index (χ1n) is 39.5. The van der Waals surface area contributed by atoms with Gasteiger partial charge in [-0.15, -0.1) is 0 Å². The molecule has 0 spiro atoms. The van der Waals surface area contributed by atoms with E-state index in [1.807, 2.05) is 0 Å². The standard InChI is InChI=1S/C79H144O17P2/c1-5-9-13-17-21-25-29-33-36-40-43-47-51-55-59-63-76(81)89-69-74(95-78(83)65-61-57-53-49-45-39-32-28-24-20-16-12-8-4)71-93-97(85,86)91-67-73(80)68-92-98(87,88)94-72-75(96-79(84)66-62-58-54-50-46-42-38-35-31-27-23-19-15-11-7-3)70-90-77(82)64-60-56-52-48-44-41-37-34-30-26-22-18-14-10-6-2/h22-23,26-27,33-38,73-75,80H,5-21,24-25,28-32,39-72H2,1-4H3,(H,85,86)(H,87,88)/b26-22-,27-23-,36-33-,37-34-,38-35-/t73-,74-,75-/m1/s1. The van der Waals surface area contributed by atoms with Crippen molar-refractivity contribution in [2.75, 3.05) is 39.6 Å². The van der Waals surface area contributed by atoms with Crippen LogP contribution in [0.4, 0.5) is 0 Å². The van der Waals surface area contributed by atoms with Crippen molar-refractivity contribution in [2.24, 2.45) is 0 Å². The van der Waals surface area contributed by atoms with Gasteiger partial charge in [0.1, 0.15) is 19.3 Å². The summed E-state index contributed by atoms with van der Waals surface area (Å²) in [5.74, 6) is -2.18. The molecule has 0 rings (SSSR count). The molecule has 98 heavy (non-hydrogen) atoms. The Balaban J connectivity index is 5.34. The number of ether oxygens (including phenoxy) is 4. The van der Waals surface area contributed by atoms with Crippen molar-refractivity contribution in [1.29, 1.82) is 0 Å². The van der Waals surface area contributed by atoms with E-state index in [1.54, 1.807) is 0 Å². The van der Waals surface area contributed by atoms with Gasteiger partial charge >= 0.3 is 39.5 Å². The van der Waals surface area contributed by atoms with Crippen LogP contribution in [0.5, 0.6) is 0 Å². The van der Waals surface area contributed by atoms with Crippen LogP contribution in [0, 0.1) is 0 Å². The lowest BCUT2D eigenvalue weighted by atomic mass is 10.0. The highest BCUT2D eigenvalue weighted by Gasteiger charge is 2.30. The zero-order valence-electron chi connectivity index (χ0n) is 62.5. The third-order valence-corrected chi connectivity index (χ3v) is 18.9. The maximum absolute atomic E-state index is 13.1. The summed E-state index contributed by atoms with van der Waals surface area (Å²) in [6, 6.07) is 0. The van der Waals surface area contributed by atoms with Crippen LogP contribution in [0.15, 0.2) is 60.8 Å². The highest BCUT2D eigenvalue weighted by Crippen LogP contribution is 2.45. The lowest BCUT2D eigenvalue weighted by Gasteiger charge is -2.21. The van der Waals surface area contributed by atoms with Gasteiger partial charge in [-0.05, 0) is 116 Å². The van der Waals surface area contributed by atoms with Crippen LogP contribution in [0.25, 0.3) is 0 Å². The SMILES string of the molecule is CCCCC/C=C\C/C=C\CCCCCCCC(=O)OC[C@H](COP(=O)(O)OC[C@H](O)COP(=O)(O)OC[C@@H](COC(=O)CCCCCCC/C=C\CCCCCCCC)OC(=O)CCCCCCCCCCCCCCC)OC(=O)CCCCCCC/C=C\C/C=C\CCCCC. The number of allylic oxidation sites excluding steroid dienone is 10. The lowest BCUT2D eigenvalue weighted by Crippen LogP contribution is -2.30. The monoisotopic (exact) mass is 1430 g/mol. The van der Waals surface area contributed by atoms with Crippen LogP contribution in [-0.2, 0) is 65.4 Å². The fourth-order valence-electron chi connectivity index (χ4n) is 10.9. The van der Waals surface area contributed by atoms with Gasteiger partial charge in [-0.1, -0.05) is 281 Å². The van der Waals surface area contributed by atoms with Gasteiger partial charge in [0.25, 0.3) is 0 Å². The summed E-state index contributed by atoms with van der Waals surface area (Å²) < 4.78 is 68.5. The number of carbonyl (C=O) groups is 4. The maximum Gasteiger partial charge on any atom is 0.472 e. The Morgan fingerprint density at radius 3 is 0.786 bits per heavy atom. The molecule has 19 heteroatoms. The molecule has 0 amide bonds. The Kier molecular flexibility index (Phi) is 69.7. The van der Waals surface area contributed by atoms with E-state index in [4.69, 9.17) is 37.0 Å². The second kappa shape index (κ2) is 72.1.